The number of nitrogens with zero attached hydrogens (tertiary/aromatic N) is 2. The molecule has 2 aromatic carbocycles. The van der Waals surface area contributed by atoms with Gasteiger partial charge in [-0.05, 0) is 57.2 Å². The van der Waals surface area contributed by atoms with Crippen molar-refractivity contribution in [1.29, 1.82) is 0 Å². The second kappa shape index (κ2) is 9.78. The van der Waals surface area contributed by atoms with Gasteiger partial charge in [0.2, 0.25) is 7.28 Å². The smallest absolute Gasteiger partial charge is 0.284 e. The normalized spacial score (nSPS) is 13.9. The van der Waals surface area contributed by atoms with Crippen molar-refractivity contribution in [1.82, 2.24) is 0 Å². The second-order valence-electron chi connectivity index (χ2n) is 8.76. The Morgan fingerprint density at radius 2 is 1.64 bits per heavy atom. The van der Waals surface area contributed by atoms with E-state index >= 15 is 0 Å². The van der Waals surface area contributed by atoms with Crippen LogP contribution in [0.15, 0.2) is 80.2 Å². The standard InChI is InChI=1S/C25H33N2O4PS/c1-7-27(8-2)21-13-12-14-22(19-21)31-32(25(4,5)6,24-18-17-20(3)30-24)26-33(28,29)23-15-10-9-11-16-23/h9-19H,7-8H2,1-6H3/t32-/m0/s1. The average molecular weight is 489 g/mol. The quantitative estimate of drug-likeness (QED) is 0.341. The van der Waals surface area contributed by atoms with E-state index in [-0.39, 0.29) is 4.90 Å². The van der Waals surface area contributed by atoms with Crippen LogP contribution in [0.4, 0.5) is 5.69 Å². The zero-order valence-electron chi connectivity index (χ0n) is 20.1. The molecule has 3 aromatic rings. The molecule has 1 atom stereocenters. The number of sulfonamides is 1. The minimum absolute atomic E-state index is 0.127. The molecule has 6 nitrogen and oxygen atoms in total. The Morgan fingerprint density at radius 3 is 2.18 bits per heavy atom. The van der Waals surface area contributed by atoms with Gasteiger partial charge in [0.15, 0.2) is 5.50 Å². The van der Waals surface area contributed by atoms with E-state index in [0.717, 1.165) is 18.8 Å². The highest BCUT2D eigenvalue weighted by atomic mass is 32.2. The number of furan rings is 1. The van der Waals surface area contributed by atoms with Crippen molar-refractivity contribution in [3.63, 3.8) is 0 Å². The first-order valence-corrected chi connectivity index (χ1v) is 14.2. The predicted molar refractivity (Wildman–Crippen MR) is 136 cm³/mol. The summed E-state index contributed by atoms with van der Waals surface area (Å²) in [7, 11) is -7.25. The van der Waals surface area contributed by atoms with E-state index in [0.29, 0.717) is 17.0 Å². The third kappa shape index (κ3) is 5.36. The van der Waals surface area contributed by atoms with Crippen LogP contribution in [0.3, 0.4) is 0 Å². The maximum atomic E-state index is 13.5. The van der Waals surface area contributed by atoms with E-state index in [9.17, 15) is 8.42 Å². The second-order valence-corrected chi connectivity index (χ2v) is 14.0. The van der Waals surface area contributed by atoms with E-state index < -0.39 is 22.5 Å². The fourth-order valence-electron chi connectivity index (χ4n) is 3.55. The molecule has 1 heterocycles. The summed E-state index contributed by atoms with van der Waals surface area (Å²) in [5.41, 5.74) is 1.45. The van der Waals surface area contributed by atoms with Crippen molar-refractivity contribution in [2.45, 2.75) is 51.6 Å². The topological polar surface area (TPSA) is 72.1 Å². The molecule has 33 heavy (non-hydrogen) atoms. The Kier molecular flexibility index (Phi) is 7.45. The third-order valence-corrected chi connectivity index (χ3v) is 11.2. The molecule has 8 heteroatoms. The lowest BCUT2D eigenvalue weighted by atomic mass is 10.2. The highest BCUT2D eigenvalue weighted by Gasteiger charge is 2.43. The first-order valence-electron chi connectivity index (χ1n) is 11.1. The molecule has 0 saturated heterocycles. The van der Waals surface area contributed by atoms with Gasteiger partial charge in [0.05, 0.1) is 4.90 Å². The summed E-state index contributed by atoms with van der Waals surface area (Å²) in [6, 6.07) is 19.6. The Balaban J connectivity index is 2.28. The summed E-state index contributed by atoms with van der Waals surface area (Å²) in [5.74, 6) is 1.23. The monoisotopic (exact) mass is 488 g/mol. The molecule has 0 aliphatic carbocycles. The summed E-state index contributed by atoms with van der Waals surface area (Å²) in [6.07, 6.45) is 0. The molecule has 1 aromatic heterocycles. The maximum Gasteiger partial charge on any atom is 0.284 e. The fraction of sp³-hybridized carbons (Fsp3) is 0.360. The van der Waals surface area contributed by atoms with Crippen molar-refractivity contribution in [2.24, 2.45) is 4.15 Å². The summed E-state index contributed by atoms with van der Waals surface area (Å²) in [5, 5.41) is -0.662. The number of hydrogen-bond acceptors (Lipinski definition) is 5. The lowest BCUT2D eigenvalue weighted by Gasteiger charge is -2.34. The molecule has 0 amide bonds. The van der Waals surface area contributed by atoms with Crippen LogP contribution in [0, 0.1) is 6.92 Å². The van der Waals surface area contributed by atoms with Gasteiger partial charge in [-0.2, -0.15) is 8.42 Å². The predicted octanol–water partition coefficient (Wildman–Crippen LogP) is 6.44. The van der Waals surface area contributed by atoms with E-state index in [2.05, 4.69) is 22.9 Å². The number of aryl methyl sites for hydroxylation is 1. The van der Waals surface area contributed by atoms with Gasteiger partial charge in [-0.3, -0.25) is 0 Å². The Hall–Kier alpha value is -2.50. The Labute approximate surface area is 197 Å². The molecule has 0 N–H and O–H groups in total. The number of hydrogen-bond donors (Lipinski definition) is 0. The van der Waals surface area contributed by atoms with Crippen LogP contribution in [0.2, 0.25) is 0 Å². The van der Waals surface area contributed by atoms with Crippen LogP contribution in [-0.2, 0) is 10.0 Å². The van der Waals surface area contributed by atoms with Gasteiger partial charge in [-0.25, -0.2) is 0 Å². The van der Waals surface area contributed by atoms with Crippen LogP contribution in [0.5, 0.6) is 5.75 Å². The number of anilines is 1. The van der Waals surface area contributed by atoms with Gasteiger partial charge in [-0.15, -0.1) is 4.15 Å². The third-order valence-electron chi connectivity index (χ3n) is 5.38. The molecule has 0 saturated carbocycles. The molecular weight excluding hydrogens is 455 g/mol. The summed E-state index contributed by atoms with van der Waals surface area (Å²) < 4.78 is 44.1. The molecule has 3 rings (SSSR count). The molecule has 0 aliphatic heterocycles. The van der Waals surface area contributed by atoms with Crippen LogP contribution < -0.4 is 14.9 Å². The zero-order chi connectivity index (χ0) is 24.3. The van der Waals surface area contributed by atoms with Gasteiger partial charge < -0.3 is 13.8 Å². The number of rotatable bonds is 8. The van der Waals surface area contributed by atoms with Crippen molar-refractivity contribution in [2.75, 3.05) is 18.0 Å². The van der Waals surface area contributed by atoms with E-state index in [1.165, 1.54) is 0 Å². The molecule has 0 radical (unpaired) electrons. The molecule has 0 spiro atoms. The lowest BCUT2D eigenvalue weighted by molar-refractivity contribution is 0.526. The molecular formula is C25H33N2O4PS. The van der Waals surface area contributed by atoms with E-state index in [4.69, 9.17) is 8.94 Å². The molecule has 0 unspecified atom stereocenters. The van der Waals surface area contributed by atoms with Gasteiger partial charge >= 0.3 is 0 Å². The van der Waals surface area contributed by atoms with Gasteiger partial charge in [0.25, 0.3) is 10.0 Å². The van der Waals surface area contributed by atoms with Crippen LogP contribution in [-0.4, -0.2) is 26.7 Å². The van der Waals surface area contributed by atoms with Crippen LogP contribution >= 0.6 is 7.28 Å². The van der Waals surface area contributed by atoms with Crippen LogP contribution in [0.1, 0.15) is 40.4 Å². The minimum Gasteiger partial charge on any atom is -0.457 e. The fourth-order valence-corrected chi connectivity index (χ4v) is 9.06. The van der Waals surface area contributed by atoms with Gasteiger partial charge in [0.1, 0.15) is 11.5 Å². The Bertz CT molecular complexity index is 1240. The highest BCUT2D eigenvalue weighted by molar-refractivity contribution is 7.95. The summed E-state index contributed by atoms with van der Waals surface area (Å²) in [6.45, 7) is 13.5. The SMILES string of the molecule is CCN(CC)c1cccc(O[P@@](=NS(=O)(=O)c2ccccc2)(c2ccc(C)o2)C(C)(C)C)c1. The summed E-state index contributed by atoms with van der Waals surface area (Å²) >= 11 is 0. The molecule has 178 valence electrons. The van der Waals surface area contributed by atoms with Crippen molar-refractivity contribution in [3.05, 3.63) is 72.5 Å². The molecule has 0 aliphatic rings. The number of benzene rings is 2. The average Bonchev–Trinajstić information content (AvgIpc) is 3.21. The highest BCUT2D eigenvalue weighted by Crippen LogP contribution is 2.61. The largest absolute Gasteiger partial charge is 0.457 e. The van der Waals surface area contributed by atoms with E-state index in [1.54, 1.807) is 36.4 Å². The summed E-state index contributed by atoms with van der Waals surface area (Å²) in [4.78, 5) is 2.33. The maximum absolute atomic E-state index is 13.5. The van der Waals surface area contributed by atoms with Crippen molar-refractivity contribution in [3.8, 4) is 5.75 Å². The lowest BCUT2D eigenvalue weighted by Crippen LogP contribution is -2.27. The first kappa shape index (κ1) is 25.1. The van der Waals surface area contributed by atoms with Gasteiger partial charge in [0, 0.05) is 30.0 Å². The zero-order valence-corrected chi connectivity index (χ0v) is 21.9. The Morgan fingerprint density at radius 1 is 0.970 bits per heavy atom. The van der Waals surface area contributed by atoms with Crippen molar-refractivity contribution < 1.29 is 17.4 Å². The van der Waals surface area contributed by atoms with E-state index in [1.807, 2.05) is 58.0 Å². The molecule has 0 fully saturated rings. The minimum atomic E-state index is -4.02. The first-order chi connectivity index (χ1) is 15.5. The van der Waals surface area contributed by atoms with Crippen molar-refractivity contribution >= 4 is 28.5 Å². The van der Waals surface area contributed by atoms with Crippen LogP contribution in [0.25, 0.3) is 0 Å². The van der Waals surface area contributed by atoms with Gasteiger partial charge in [-0.1, -0.05) is 45.0 Å². The molecule has 0 bridgehead atoms.